The maximum absolute atomic E-state index is 13.0. The molecule has 24 heavy (non-hydrogen) atoms. The van der Waals surface area contributed by atoms with E-state index in [2.05, 4.69) is 61.8 Å². The number of amides is 1. The monoisotopic (exact) mass is 325 g/mol. The zero-order valence-corrected chi connectivity index (χ0v) is 15.0. The van der Waals surface area contributed by atoms with Crippen LogP contribution in [0.5, 0.6) is 0 Å². The molecule has 0 aliphatic carbocycles. The molecular weight excluding hydrogens is 298 g/mol. The molecule has 128 valence electrons. The second kappa shape index (κ2) is 6.81. The van der Waals surface area contributed by atoms with Gasteiger partial charge in [-0.25, -0.2) is 0 Å². The van der Waals surface area contributed by atoms with Crippen LogP contribution in [0.3, 0.4) is 0 Å². The molecule has 0 bridgehead atoms. The van der Waals surface area contributed by atoms with Gasteiger partial charge in [-0.15, -0.1) is 0 Å². The Balaban J connectivity index is 1.93. The Morgan fingerprint density at radius 3 is 2.62 bits per heavy atom. The van der Waals surface area contributed by atoms with Gasteiger partial charge in [-0.1, -0.05) is 30.3 Å². The summed E-state index contributed by atoms with van der Waals surface area (Å²) in [5, 5.41) is 3.34. The number of carbonyl (C=O) groups is 1. The lowest BCUT2D eigenvalue weighted by atomic mass is 10.1. The first-order chi connectivity index (χ1) is 11.5. The molecule has 1 saturated heterocycles. The molecule has 0 spiro atoms. The smallest absolute Gasteiger partial charge is 0.256 e. The summed E-state index contributed by atoms with van der Waals surface area (Å²) in [6.07, 6.45) is 0. The van der Waals surface area contributed by atoms with Gasteiger partial charge in [0.2, 0.25) is 0 Å². The van der Waals surface area contributed by atoms with Crippen molar-refractivity contribution in [2.24, 2.45) is 0 Å². The standard InChI is InChI=1S/C20H27N3O/c1-14-12-19(20(24)22-11-10-21-13-15(22)2)17(4)23(14)16(3)18-8-6-5-7-9-18/h5-9,12,15-16,21H,10-11,13H2,1-4H3. The predicted molar refractivity (Wildman–Crippen MR) is 97.5 cm³/mol. The molecule has 1 amide bonds. The van der Waals surface area contributed by atoms with Crippen molar-refractivity contribution in [2.75, 3.05) is 19.6 Å². The van der Waals surface area contributed by atoms with Crippen LogP contribution in [0.15, 0.2) is 36.4 Å². The number of piperazine rings is 1. The lowest BCUT2D eigenvalue weighted by Crippen LogP contribution is -2.52. The number of aromatic nitrogens is 1. The van der Waals surface area contributed by atoms with Crippen molar-refractivity contribution in [2.45, 2.75) is 39.8 Å². The third-order valence-electron chi connectivity index (χ3n) is 5.15. The Hall–Kier alpha value is -2.07. The van der Waals surface area contributed by atoms with Crippen molar-refractivity contribution in [1.29, 1.82) is 0 Å². The molecule has 0 saturated carbocycles. The first kappa shape index (κ1) is 16.8. The summed E-state index contributed by atoms with van der Waals surface area (Å²) < 4.78 is 2.27. The van der Waals surface area contributed by atoms with Crippen molar-refractivity contribution < 1.29 is 4.79 Å². The first-order valence-electron chi connectivity index (χ1n) is 8.75. The molecular formula is C20H27N3O. The second-order valence-corrected chi connectivity index (χ2v) is 6.79. The highest BCUT2D eigenvalue weighted by Gasteiger charge is 2.27. The fourth-order valence-electron chi connectivity index (χ4n) is 3.77. The SMILES string of the molecule is Cc1cc(C(=O)N2CCNCC2C)c(C)n1C(C)c1ccccc1. The van der Waals surface area contributed by atoms with E-state index in [9.17, 15) is 4.79 Å². The summed E-state index contributed by atoms with van der Waals surface area (Å²) in [4.78, 5) is 15.0. The van der Waals surface area contributed by atoms with E-state index in [4.69, 9.17) is 0 Å². The van der Waals surface area contributed by atoms with E-state index >= 15 is 0 Å². The minimum atomic E-state index is 0.156. The zero-order chi connectivity index (χ0) is 17.3. The summed E-state index contributed by atoms with van der Waals surface area (Å²) in [6.45, 7) is 11.0. The molecule has 1 fully saturated rings. The number of nitrogens with one attached hydrogen (secondary N) is 1. The molecule has 1 aliphatic heterocycles. The van der Waals surface area contributed by atoms with Gasteiger partial charge in [0, 0.05) is 37.1 Å². The van der Waals surface area contributed by atoms with Crippen molar-refractivity contribution in [3.05, 3.63) is 58.9 Å². The zero-order valence-electron chi connectivity index (χ0n) is 15.0. The topological polar surface area (TPSA) is 37.3 Å². The lowest BCUT2D eigenvalue weighted by molar-refractivity contribution is 0.0655. The van der Waals surface area contributed by atoms with E-state index in [1.807, 2.05) is 17.0 Å². The fourth-order valence-corrected chi connectivity index (χ4v) is 3.77. The molecule has 1 aromatic carbocycles. The number of hydrogen-bond donors (Lipinski definition) is 1. The molecule has 1 N–H and O–H groups in total. The molecule has 2 aromatic rings. The van der Waals surface area contributed by atoms with Crippen molar-refractivity contribution in [1.82, 2.24) is 14.8 Å². The van der Waals surface area contributed by atoms with Crippen LogP contribution < -0.4 is 5.32 Å². The highest BCUT2D eigenvalue weighted by molar-refractivity contribution is 5.96. The molecule has 2 unspecified atom stereocenters. The van der Waals surface area contributed by atoms with Gasteiger partial charge < -0.3 is 14.8 Å². The Bertz CT molecular complexity index is 720. The van der Waals surface area contributed by atoms with E-state index in [1.165, 1.54) is 5.56 Å². The number of rotatable bonds is 3. The average molecular weight is 325 g/mol. The van der Waals surface area contributed by atoms with Crippen molar-refractivity contribution in [3.63, 3.8) is 0 Å². The minimum Gasteiger partial charge on any atom is -0.341 e. The van der Waals surface area contributed by atoms with Gasteiger partial charge >= 0.3 is 0 Å². The van der Waals surface area contributed by atoms with Crippen LogP contribution in [0.4, 0.5) is 0 Å². The van der Waals surface area contributed by atoms with Crippen LogP contribution in [0.2, 0.25) is 0 Å². The van der Waals surface area contributed by atoms with Crippen LogP contribution in [0.1, 0.15) is 47.2 Å². The second-order valence-electron chi connectivity index (χ2n) is 6.79. The number of hydrogen-bond acceptors (Lipinski definition) is 2. The Morgan fingerprint density at radius 1 is 1.25 bits per heavy atom. The number of carbonyl (C=O) groups excluding carboxylic acids is 1. The summed E-state index contributed by atoms with van der Waals surface area (Å²) in [5.74, 6) is 0.156. The summed E-state index contributed by atoms with van der Waals surface area (Å²) in [5.41, 5.74) is 4.28. The quantitative estimate of drug-likeness (QED) is 0.941. The maximum atomic E-state index is 13.0. The summed E-state index contributed by atoms with van der Waals surface area (Å²) in [6, 6.07) is 12.9. The van der Waals surface area contributed by atoms with Crippen LogP contribution >= 0.6 is 0 Å². The molecule has 2 atom stereocenters. The highest BCUT2D eigenvalue weighted by atomic mass is 16.2. The number of benzene rings is 1. The number of aryl methyl sites for hydroxylation is 1. The molecule has 1 aromatic heterocycles. The van der Waals surface area contributed by atoms with Gasteiger partial charge in [-0.3, -0.25) is 4.79 Å². The van der Waals surface area contributed by atoms with E-state index < -0.39 is 0 Å². The summed E-state index contributed by atoms with van der Waals surface area (Å²) >= 11 is 0. The molecule has 1 aliphatic rings. The fraction of sp³-hybridized carbons (Fsp3) is 0.450. The van der Waals surface area contributed by atoms with Gasteiger partial charge in [-0.2, -0.15) is 0 Å². The molecule has 3 rings (SSSR count). The van der Waals surface area contributed by atoms with Gasteiger partial charge in [0.1, 0.15) is 0 Å². The predicted octanol–water partition coefficient (Wildman–Crippen LogP) is 3.15. The maximum Gasteiger partial charge on any atom is 0.256 e. The Kier molecular flexibility index (Phi) is 4.76. The van der Waals surface area contributed by atoms with E-state index in [1.54, 1.807) is 0 Å². The van der Waals surface area contributed by atoms with Gasteiger partial charge in [0.15, 0.2) is 0 Å². The molecule has 0 radical (unpaired) electrons. The molecule has 4 heteroatoms. The molecule has 2 heterocycles. The van der Waals surface area contributed by atoms with Crippen LogP contribution in [-0.4, -0.2) is 41.1 Å². The van der Waals surface area contributed by atoms with E-state index in [0.717, 1.165) is 36.6 Å². The van der Waals surface area contributed by atoms with Crippen LogP contribution in [0.25, 0.3) is 0 Å². The molecule has 4 nitrogen and oxygen atoms in total. The van der Waals surface area contributed by atoms with Crippen molar-refractivity contribution >= 4 is 5.91 Å². The highest BCUT2D eigenvalue weighted by Crippen LogP contribution is 2.26. The first-order valence-corrected chi connectivity index (χ1v) is 8.75. The average Bonchev–Trinajstić information content (AvgIpc) is 2.89. The van der Waals surface area contributed by atoms with Gasteiger partial charge in [0.25, 0.3) is 5.91 Å². The number of nitrogens with zero attached hydrogens (tertiary/aromatic N) is 2. The summed E-state index contributed by atoms with van der Waals surface area (Å²) in [7, 11) is 0. The largest absolute Gasteiger partial charge is 0.341 e. The van der Waals surface area contributed by atoms with Crippen molar-refractivity contribution in [3.8, 4) is 0 Å². The van der Waals surface area contributed by atoms with Gasteiger partial charge in [-0.05, 0) is 39.3 Å². The Morgan fingerprint density at radius 2 is 1.96 bits per heavy atom. The van der Waals surface area contributed by atoms with E-state index in [-0.39, 0.29) is 18.0 Å². The van der Waals surface area contributed by atoms with Crippen LogP contribution in [-0.2, 0) is 0 Å². The normalized spacial score (nSPS) is 19.3. The van der Waals surface area contributed by atoms with Crippen LogP contribution in [0, 0.1) is 13.8 Å². The lowest BCUT2D eigenvalue weighted by Gasteiger charge is -2.34. The van der Waals surface area contributed by atoms with E-state index in [0.29, 0.717) is 0 Å². The third-order valence-corrected chi connectivity index (χ3v) is 5.15. The Labute approximate surface area is 144 Å². The minimum absolute atomic E-state index is 0.156. The van der Waals surface area contributed by atoms with Gasteiger partial charge in [0.05, 0.1) is 11.6 Å². The third kappa shape index (κ3) is 2.98.